The maximum absolute atomic E-state index is 9.64. The van der Waals surface area contributed by atoms with Gasteiger partial charge >= 0.3 is 0 Å². The van der Waals surface area contributed by atoms with Gasteiger partial charge in [0.05, 0.1) is 7.11 Å². The summed E-state index contributed by atoms with van der Waals surface area (Å²) in [5, 5.41) is 9.64. The molecule has 4 heteroatoms. The van der Waals surface area contributed by atoms with Crippen LogP contribution in [0.3, 0.4) is 0 Å². The summed E-state index contributed by atoms with van der Waals surface area (Å²) in [6.07, 6.45) is 0.889. The molecule has 0 bridgehead atoms. The van der Waals surface area contributed by atoms with E-state index in [1.807, 2.05) is 30.3 Å². The van der Waals surface area contributed by atoms with E-state index < -0.39 is 0 Å². The van der Waals surface area contributed by atoms with Crippen molar-refractivity contribution >= 4 is 12.4 Å². The molecule has 0 aliphatic rings. The normalized spacial score (nSPS) is 11.8. The number of methoxy groups -OCH3 is 1. The smallest absolute Gasteiger partial charge is 0.118 e. The third kappa shape index (κ3) is 4.66. The molecule has 1 atom stereocenters. The zero-order valence-corrected chi connectivity index (χ0v) is 13.4. The van der Waals surface area contributed by atoms with Crippen LogP contribution in [0, 0.1) is 0 Å². The number of nitrogens with zero attached hydrogens (tertiary/aromatic N) is 1. The number of ether oxygens (including phenoxy) is 1. The molecular formula is C17H22ClNO2. The number of likely N-dealkylation sites (N-methyl/N-ethyl adjacent to an activating group) is 1. The molecule has 0 aromatic heterocycles. The van der Waals surface area contributed by atoms with Gasteiger partial charge in [0.2, 0.25) is 0 Å². The van der Waals surface area contributed by atoms with Crippen LogP contribution in [0.15, 0.2) is 48.5 Å². The third-order valence-electron chi connectivity index (χ3n) is 3.47. The van der Waals surface area contributed by atoms with Crippen molar-refractivity contribution in [2.45, 2.75) is 12.5 Å². The number of aromatic hydroxyl groups is 1. The van der Waals surface area contributed by atoms with E-state index >= 15 is 0 Å². The standard InChI is InChI=1S/C17H21NO2.ClH/c1-18(2)17(14-5-4-6-15(19)12-14)11-13-7-9-16(20-3)10-8-13;/h4-10,12,17,19H,11H2,1-3H3;1H. The van der Waals surface area contributed by atoms with Crippen molar-refractivity contribution in [2.75, 3.05) is 21.2 Å². The number of hydrogen-bond acceptors (Lipinski definition) is 3. The van der Waals surface area contributed by atoms with Gasteiger partial charge in [-0.05, 0) is 55.9 Å². The number of rotatable bonds is 5. The van der Waals surface area contributed by atoms with Crippen molar-refractivity contribution < 1.29 is 9.84 Å². The van der Waals surface area contributed by atoms with Crippen LogP contribution >= 0.6 is 12.4 Å². The van der Waals surface area contributed by atoms with E-state index in [1.165, 1.54) is 5.56 Å². The number of halogens is 1. The average molecular weight is 308 g/mol. The van der Waals surface area contributed by atoms with Crippen LogP contribution in [0.4, 0.5) is 0 Å². The summed E-state index contributed by atoms with van der Waals surface area (Å²) in [6.45, 7) is 0. The van der Waals surface area contributed by atoms with Crippen molar-refractivity contribution in [3.63, 3.8) is 0 Å². The molecule has 0 heterocycles. The number of hydrogen-bond donors (Lipinski definition) is 1. The molecule has 3 nitrogen and oxygen atoms in total. The number of benzene rings is 2. The fourth-order valence-corrected chi connectivity index (χ4v) is 2.32. The molecule has 0 fully saturated rings. The van der Waals surface area contributed by atoms with Gasteiger partial charge in [-0.1, -0.05) is 24.3 Å². The molecule has 0 aliphatic carbocycles. The lowest BCUT2D eigenvalue weighted by atomic mass is 9.98. The molecule has 0 radical (unpaired) electrons. The zero-order chi connectivity index (χ0) is 14.5. The van der Waals surface area contributed by atoms with Gasteiger partial charge < -0.3 is 14.7 Å². The van der Waals surface area contributed by atoms with Gasteiger partial charge in [0, 0.05) is 6.04 Å². The van der Waals surface area contributed by atoms with Gasteiger partial charge in [0.15, 0.2) is 0 Å². The third-order valence-corrected chi connectivity index (χ3v) is 3.47. The Morgan fingerprint density at radius 3 is 2.29 bits per heavy atom. The number of phenolic OH excluding ortho intramolecular Hbond substituents is 1. The van der Waals surface area contributed by atoms with Gasteiger partial charge in [-0.2, -0.15) is 0 Å². The molecule has 0 spiro atoms. The SMILES string of the molecule is COc1ccc(CC(c2cccc(O)c2)N(C)C)cc1.Cl. The first-order chi connectivity index (χ1) is 9.60. The summed E-state index contributed by atoms with van der Waals surface area (Å²) < 4.78 is 5.18. The first kappa shape index (κ1) is 17.3. The van der Waals surface area contributed by atoms with E-state index in [-0.39, 0.29) is 18.4 Å². The van der Waals surface area contributed by atoms with Crippen molar-refractivity contribution in [1.82, 2.24) is 4.90 Å². The lowest BCUT2D eigenvalue weighted by molar-refractivity contribution is 0.296. The van der Waals surface area contributed by atoms with E-state index in [2.05, 4.69) is 31.1 Å². The summed E-state index contributed by atoms with van der Waals surface area (Å²) >= 11 is 0. The molecule has 0 amide bonds. The van der Waals surface area contributed by atoms with Gasteiger partial charge in [-0.3, -0.25) is 0 Å². The molecule has 114 valence electrons. The number of phenols is 1. The highest BCUT2D eigenvalue weighted by Crippen LogP contribution is 2.26. The van der Waals surface area contributed by atoms with E-state index in [9.17, 15) is 5.11 Å². The fourth-order valence-electron chi connectivity index (χ4n) is 2.32. The van der Waals surface area contributed by atoms with Crippen LogP contribution in [0.1, 0.15) is 17.2 Å². The Morgan fingerprint density at radius 2 is 1.76 bits per heavy atom. The maximum atomic E-state index is 9.64. The van der Waals surface area contributed by atoms with Crippen LogP contribution in [0.25, 0.3) is 0 Å². The van der Waals surface area contributed by atoms with E-state index in [0.29, 0.717) is 5.75 Å². The first-order valence-corrected chi connectivity index (χ1v) is 6.68. The molecule has 2 rings (SSSR count). The monoisotopic (exact) mass is 307 g/mol. The van der Waals surface area contributed by atoms with Gasteiger partial charge in [-0.15, -0.1) is 12.4 Å². The van der Waals surface area contributed by atoms with Crippen LogP contribution in [-0.4, -0.2) is 31.2 Å². The lowest BCUT2D eigenvalue weighted by Gasteiger charge is -2.25. The average Bonchev–Trinajstić information content (AvgIpc) is 2.45. The summed E-state index contributed by atoms with van der Waals surface area (Å²) in [5.41, 5.74) is 2.36. The van der Waals surface area contributed by atoms with Crippen LogP contribution in [0.2, 0.25) is 0 Å². The Balaban J connectivity index is 0.00000220. The van der Waals surface area contributed by atoms with Crippen LogP contribution in [0.5, 0.6) is 11.5 Å². The van der Waals surface area contributed by atoms with Gasteiger partial charge in [0.1, 0.15) is 11.5 Å². The Bertz CT molecular complexity index is 555. The van der Waals surface area contributed by atoms with Crippen molar-refractivity contribution in [3.8, 4) is 11.5 Å². The Labute approximate surface area is 132 Å². The predicted molar refractivity (Wildman–Crippen MR) is 88.5 cm³/mol. The minimum absolute atomic E-state index is 0. The largest absolute Gasteiger partial charge is 0.508 e. The maximum Gasteiger partial charge on any atom is 0.118 e. The van der Waals surface area contributed by atoms with E-state index in [1.54, 1.807) is 13.2 Å². The molecule has 1 N–H and O–H groups in total. The van der Waals surface area contributed by atoms with E-state index in [0.717, 1.165) is 17.7 Å². The van der Waals surface area contributed by atoms with Crippen molar-refractivity contribution in [3.05, 3.63) is 59.7 Å². The van der Waals surface area contributed by atoms with Crippen LogP contribution in [-0.2, 0) is 6.42 Å². The molecule has 0 saturated carbocycles. The highest BCUT2D eigenvalue weighted by atomic mass is 35.5. The summed E-state index contributed by atoms with van der Waals surface area (Å²) in [7, 11) is 5.78. The molecule has 0 aliphatic heterocycles. The summed E-state index contributed by atoms with van der Waals surface area (Å²) in [5.74, 6) is 1.18. The highest BCUT2D eigenvalue weighted by Gasteiger charge is 2.15. The minimum atomic E-state index is 0. The van der Waals surface area contributed by atoms with Gasteiger partial charge in [-0.25, -0.2) is 0 Å². The Morgan fingerprint density at radius 1 is 1.10 bits per heavy atom. The topological polar surface area (TPSA) is 32.7 Å². The Kier molecular flexibility index (Phi) is 6.53. The fraction of sp³-hybridized carbons (Fsp3) is 0.294. The second-order valence-electron chi connectivity index (χ2n) is 5.13. The van der Waals surface area contributed by atoms with Crippen LogP contribution < -0.4 is 4.74 Å². The quantitative estimate of drug-likeness (QED) is 0.915. The molecule has 2 aromatic carbocycles. The Hall–Kier alpha value is -1.71. The van der Waals surface area contributed by atoms with Crippen molar-refractivity contribution in [1.29, 1.82) is 0 Å². The molecular weight excluding hydrogens is 286 g/mol. The van der Waals surface area contributed by atoms with E-state index in [4.69, 9.17) is 4.74 Å². The summed E-state index contributed by atoms with van der Waals surface area (Å²) in [6, 6.07) is 15.8. The summed E-state index contributed by atoms with van der Waals surface area (Å²) in [4.78, 5) is 2.17. The second kappa shape index (κ2) is 7.91. The van der Waals surface area contributed by atoms with Gasteiger partial charge in [0.25, 0.3) is 0 Å². The second-order valence-corrected chi connectivity index (χ2v) is 5.13. The predicted octanol–water partition coefficient (Wildman–Crippen LogP) is 3.67. The first-order valence-electron chi connectivity index (χ1n) is 6.68. The highest BCUT2D eigenvalue weighted by molar-refractivity contribution is 5.85. The molecule has 0 saturated heterocycles. The molecule has 1 unspecified atom stereocenters. The molecule has 2 aromatic rings. The van der Waals surface area contributed by atoms with Crippen molar-refractivity contribution in [2.24, 2.45) is 0 Å². The molecule has 21 heavy (non-hydrogen) atoms. The zero-order valence-electron chi connectivity index (χ0n) is 12.6. The minimum Gasteiger partial charge on any atom is -0.508 e. The lowest BCUT2D eigenvalue weighted by Crippen LogP contribution is -2.22.